The van der Waals surface area contributed by atoms with Gasteiger partial charge in [-0.25, -0.2) is 4.98 Å². The average molecular weight is 385 g/mol. The molecule has 29 heavy (non-hydrogen) atoms. The van der Waals surface area contributed by atoms with Crippen LogP contribution in [-0.4, -0.2) is 36.7 Å². The fourth-order valence-electron chi connectivity index (χ4n) is 3.99. The van der Waals surface area contributed by atoms with Crippen LogP contribution in [0, 0.1) is 0 Å². The van der Waals surface area contributed by atoms with Crippen LogP contribution in [0.2, 0.25) is 0 Å². The van der Waals surface area contributed by atoms with Crippen molar-refractivity contribution in [2.45, 2.75) is 32.5 Å². The van der Waals surface area contributed by atoms with E-state index in [9.17, 15) is 4.79 Å². The molecule has 1 aliphatic rings. The van der Waals surface area contributed by atoms with E-state index in [4.69, 9.17) is 5.10 Å². The normalized spacial score (nSPS) is 13.6. The summed E-state index contributed by atoms with van der Waals surface area (Å²) in [4.78, 5) is 19.1. The van der Waals surface area contributed by atoms with E-state index in [0.29, 0.717) is 26.1 Å². The Balaban J connectivity index is 1.23. The zero-order valence-electron chi connectivity index (χ0n) is 16.2. The van der Waals surface area contributed by atoms with E-state index in [1.807, 2.05) is 46.2 Å². The van der Waals surface area contributed by atoms with Crippen LogP contribution in [0.15, 0.2) is 67.0 Å². The number of rotatable bonds is 5. The Kier molecular flexibility index (Phi) is 4.60. The lowest BCUT2D eigenvalue weighted by Gasteiger charge is -2.27. The quantitative estimate of drug-likeness (QED) is 0.530. The minimum absolute atomic E-state index is 0.180. The third kappa shape index (κ3) is 3.66. The molecular formula is C23H23N5O. The summed E-state index contributed by atoms with van der Waals surface area (Å²) in [6.45, 7) is 2.74. The zero-order valence-corrected chi connectivity index (χ0v) is 16.2. The van der Waals surface area contributed by atoms with Gasteiger partial charge < -0.3 is 9.47 Å². The van der Waals surface area contributed by atoms with Gasteiger partial charge in [-0.3, -0.25) is 9.48 Å². The number of hydrogen-bond donors (Lipinski definition) is 0. The minimum Gasteiger partial charge on any atom is -0.335 e. The molecule has 2 aromatic carbocycles. The maximum Gasteiger partial charge on any atom is 0.224 e. The first kappa shape index (κ1) is 17.7. The van der Waals surface area contributed by atoms with Gasteiger partial charge in [-0.15, -0.1) is 0 Å². The highest BCUT2D eigenvalue weighted by atomic mass is 16.2. The number of aromatic nitrogens is 4. The lowest BCUT2D eigenvalue weighted by molar-refractivity contribution is -0.132. The van der Waals surface area contributed by atoms with Crippen LogP contribution in [0.3, 0.4) is 0 Å². The zero-order chi connectivity index (χ0) is 19.6. The molecule has 0 atom stereocenters. The van der Waals surface area contributed by atoms with Crippen molar-refractivity contribution in [1.29, 1.82) is 0 Å². The second kappa shape index (κ2) is 7.54. The highest BCUT2D eigenvalue weighted by Crippen LogP contribution is 2.18. The van der Waals surface area contributed by atoms with Gasteiger partial charge in [0.25, 0.3) is 0 Å². The van der Waals surface area contributed by atoms with E-state index in [-0.39, 0.29) is 5.91 Å². The van der Waals surface area contributed by atoms with E-state index in [1.165, 1.54) is 5.56 Å². The number of carbonyl (C=O) groups excluding carboxylic acids is 1. The van der Waals surface area contributed by atoms with Crippen molar-refractivity contribution in [2.75, 3.05) is 6.54 Å². The molecule has 0 saturated carbocycles. The molecular weight excluding hydrogens is 362 g/mol. The maximum atomic E-state index is 12.8. The summed E-state index contributed by atoms with van der Waals surface area (Å²) < 4.78 is 4.10. The lowest BCUT2D eigenvalue weighted by Crippen LogP contribution is -2.38. The van der Waals surface area contributed by atoms with Crippen LogP contribution in [0.5, 0.6) is 0 Å². The Morgan fingerprint density at radius 3 is 2.72 bits per heavy atom. The van der Waals surface area contributed by atoms with Crippen molar-refractivity contribution in [3.05, 3.63) is 83.9 Å². The van der Waals surface area contributed by atoms with Gasteiger partial charge in [-0.2, -0.15) is 5.10 Å². The Labute approximate surface area is 169 Å². The first-order chi connectivity index (χ1) is 14.3. The third-order valence-electron chi connectivity index (χ3n) is 5.52. The molecule has 0 aliphatic carbocycles. The fraction of sp³-hybridized carbons (Fsp3) is 0.261. The molecule has 146 valence electrons. The van der Waals surface area contributed by atoms with Crippen molar-refractivity contribution >= 4 is 16.9 Å². The molecule has 2 aromatic heterocycles. The van der Waals surface area contributed by atoms with Gasteiger partial charge in [0, 0.05) is 25.9 Å². The molecule has 0 N–H and O–H groups in total. The molecule has 0 unspecified atom stereocenters. The van der Waals surface area contributed by atoms with Gasteiger partial charge in [0.2, 0.25) is 5.91 Å². The van der Waals surface area contributed by atoms with Crippen molar-refractivity contribution in [3.8, 4) is 0 Å². The summed E-state index contributed by atoms with van der Waals surface area (Å²) in [6, 6.07) is 20.5. The van der Waals surface area contributed by atoms with E-state index >= 15 is 0 Å². The number of aryl methyl sites for hydroxylation is 1. The predicted octanol–water partition coefficient (Wildman–Crippen LogP) is 3.26. The lowest BCUT2D eigenvalue weighted by atomic mass is 10.1. The van der Waals surface area contributed by atoms with E-state index in [2.05, 4.69) is 39.9 Å². The highest BCUT2D eigenvalue weighted by Gasteiger charge is 2.22. The van der Waals surface area contributed by atoms with E-state index in [1.54, 1.807) is 0 Å². The van der Waals surface area contributed by atoms with E-state index in [0.717, 1.165) is 35.4 Å². The molecule has 1 amide bonds. The fourth-order valence-corrected chi connectivity index (χ4v) is 3.99. The number of benzene rings is 2. The SMILES string of the molecule is O=C(CCn1cnc2ccccc21)N1CCn2nc(Cc3ccccc3)cc2C1. The Hall–Kier alpha value is -3.41. The van der Waals surface area contributed by atoms with Crippen molar-refractivity contribution in [1.82, 2.24) is 24.2 Å². The molecule has 0 fully saturated rings. The molecule has 0 spiro atoms. The summed E-state index contributed by atoms with van der Waals surface area (Å²) in [5.41, 5.74) is 5.47. The number of carbonyl (C=O) groups is 1. The summed E-state index contributed by atoms with van der Waals surface area (Å²) in [5, 5.41) is 4.73. The summed E-state index contributed by atoms with van der Waals surface area (Å²) in [6.07, 6.45) is 3.12. The van der Waals surface area contributed by atoms with Gasteiger partial charge in [0.05, 0.1) is 41.8 Å². The second-order valence-electron chi connectivity index (χ2n) is 7.50. The van der Waals surface area contributed by atoms with E-state index < -0.39 is 0 Å². The Morgan fingerprint density at radius 1 is 1.00 bits per heavy atom. The van der Waals surface area contributed by atoms with Crippen LogP contribution in [0.25, 0.3) is 11.0 Å². The molecule has 4 aromatic rings. The van der Waals surface area contributed by atoms with Crippen molar-refractivity contribution in [3.63, 3.8) is 0 Å². The molecule has 0 bridgehead atoms. The predicted molar refractivity (Wildman–Crippen MR) is 111 cm³/mol. The average Bonchev–Trinajstić information content (AvgIpc) is 3.35. The monoisotopic (exact) mass is 385 g/mol. The van der Waals surface area contributed by atoms with Crippen LogP contribution in [0.4, 0.5) is 0 Å². The Bertz CT molecular complexity index is 1140. The smallest absolute Gasteiger partial charge is 0.224 e. The van der Waals surface area contributed by atoms with Crippen LogP contribution >= 0.6 is 0 Å². The number of para-hydroxylation sites is 2. The minimum atomic E-state index is 0.180. The summed E-state index contributed by atoms with van der Waals surface area (Å²) in [5.74, 6) is 0.180. The van der Waals surface area contributed by atoms with Crippen LogP contribution < -0.4 is 0 Å². The molecule has 6 nitrogen and oxygen atoms in total. The maximum absolute atomic E-state index is 12.8. The number of imidazole rings is 1. The third-order valence-corrected chi connectivity index (χ3v) is 5.52. The summed E-state index contributed by atoms with van der Waals surface area (Å²) in [7, 11) is 0. The van der Waals surface area contributed by atoms with Crippen LogP contribution in [0.1, 0.15) is 23.4 Å². The number of amides is 1. The largest absolute Gasteiger partial charge is 0.335 e. The molecule has 1 aliphatic heterocycles. The second-order valence-corrected chi connectivity index (χ2v) is 7.50. The van der Waals surface area contributed by atoms with Crippen molar-refractivity contribution < 1.29 is 4.79 Å². The standard InChI is InChI=1S/C23H23N5O/c29-23(10-11-27-17-24-21-8-4-5-9-22(21)27)26-12-13-28-20(16-26)15-19(25-28)14-18-6-2-1-3-7-18/h1-9,15,17H,10-14,16H2. The molecule has 3 heterocycles. The first-order valence-electron chi connectivity index (χ1n) is 10.0. The Morgan fingerprint density at radius 2 is 1.83 bits per heavy atom. The van der Waals surface area contributed by atoms with Crippen LogP contribution in [-0.2, 0) is 30.8 Å². The molecule has 0 radical (unpaired) electrons. The van der Waals surface area contributed by atoms with Gasteiger partial charge in [0.1, 0.15) is 0 Å². The molecule has 0 saturated heterocycles. The molecule has 6 heteroatoms. The topological polar surface area (TPSA) is 56.0 Å². The van der Waals surface area contributed by atoms with Gasteiger partial charge in [-0.1, -0.05) is 42.5 Å². The number of fused-ring (bicyclic) bond motifs is 2. The van der Waals surface area contributed by atoms with Gasteiger partial charge in [-0.05, 0) is 23.8 Å². The number of nitrogens with zero attached hydrogens (tertiary/aromatic N) is 5. The van der Waals surface area contributed by atoms with Gasteiger partial charge >= 0.3 is 0 Å². The first-order valence-corrected chi connectivity index (χ1v) is 10.0. The highest BCUT2D eigenvalue weighted by molar-refractivity contribution is 5.77. The number of hydrogen-bond acceptors (Lipinski definition) is 3. The molecule has 5 rings (SSSR count). The van der Waals surface area contributed by atoms with Gasteiger partial charge in [0.15, 0.2) is 0 Å². The summed E-state index contributed by atoms with van der Waals surface area (Å²) >= 11 is 0. The van der Waals surface area contributed by atoms with Crippen molar-refractivity contribution in [2.24, 2.45) is 0 Å².